The first kappa shape index (κ1) is 22.9. The van der Waals surface area contributed by atoms with Gasteiger partial charge < -0.3 is 9.84 Å². The number of hydrogen-bond acceptors (Lipinski definition) is 5. The van der Waals surface area contributed by atoms with Crippen molar-refractivity contribution in [3.63, 3.8) is 0 Å². The van der Waals surface area contributed by atoms with E-state index in [0.717, 1.165) is 5.56 Å². The van der Waals surface area contributed by atoms with E-state index >= 15 is 0 Å². The minimum absolute atomic E-state index is 0.241. The Bertz CT molecular complexity index is 1280. The molecule has 0 aliphatic carbocycles. The summed E-state index contributed by atoms with van der Waals surface area (Å²) < 4.78 is 5.15. The summed E-state index contributed by atoms with van der Waals surface area (Å²) in [5.41, 5.74) is 1.97. The van der Waals surface area contributed by atoms with Gasteiger partial charge in [-0.1, -0.05) is 47.5 Å². The van der Waals surface area contributed by atoms with Gasteiger partial charge in [0, 0.05) is 10.0 Å². The summed E-state index contributed by atoms with van der Waals surface area (Å²) in [6.45, 7) is -0.424. The molecule has 0 unspecified atom stereocenters. The van der Waals surface area contributed by atoms with Crippen LogP contribution in [0.4, 0.5) is 11.4 Å². The molecule has 6 nitrogen and oxygen atoms in total. The highest BCUT2D eigenvalue weighted by Crippen LogP contribution is 2.38. The lowest BCUT2D eigenvalue weighted by Gasteiger charge is -2.16. The number of amides is 1. The molecule has 1 aliphatic heterocycles. The van der Waals surface area contributed by atoms with Crippen molar-refractivity contribution in [3.05, 3.63) is 93.3 Å². The number of amidine groups is 1. The molecular formula is C24H16Cl2N2O4S. The van der Waals surface area contributed by atoms with E-state index in [1.165, 1.54) is 16.7 Å². The van der Waals surface area contributed by atoms with Gasteiger partial charge in [0.2, 0.25) is 0 Å². The van der Waals surface area contributed by atoms with E-state index < -0.39 is 12.6 Å². The Kier molecular flexibility index (Phi) is 7.03. The minimum Gasteiger partial charge on any atom is -0.482 e. The van der Waals surface area contributed by atoms with Gasteiger partial charge in [-0.2, -0.15) is 0 Å². The fourth-order valence-electron chi connectivity index (χ4n) is 3.00. The smallest absolute Gasteiger partial charge is 0.341 e. The molecule has 0 atom stereocenters. The fourth-order valence-corrected chi connectivity index (χ4v) is 4.37. The van der Waals surface area contributed by atoms with E-state index in [1.54, 1.807) is 78.9 Å². The summed E-state index contributed by atoms with van der Waals surface area (Å²) in [5.74, 6) is -0.871. The van der Waals surface area contributed by atoms with Gasteiger partial charge in [-0.25, -0.2) is 9.79 Å². The predicted octanol–water partition coefficient (Wildman–Crippen LogP) is 6.27. The normalized spacial score (nSPS) is 15.9. The van der Waals surface area contributed by atoms with E-state index in [0.29, 0.717) is 37.2 Å². The monoisotopic (exact) mass is 498 g/mol. The third-order valence-corrected chi connectivity index (χ3v) is 5.88. The van der Waals surface area contributed by atoms with Crippen molar-refractivity contribution < 1.29 is 19.4 Å². The van der Waals surface area contributed by atoms with Crippen LogP contribution in [-0.4, -0.2) is 28.8 Å². The molecule has 3 aromatic rings. The molecule has 3 aromatic carbocycles. The molecule has 1 aliphatic rings. The number of halogens is 2. The highest BCUT2D eigenvalue weighted by Gasteiger charge is 2.34. The van der Waals surface area contributed by atoms with E-state index in [9.17, 15) is 9.59 Å². The van der Waals surface area contributed by atoms with Crippen LogP contribution in [-0.2, 0) is 9.59 Å². The van der Waals surface area contributed by atoms with E-state index in [2.05, 4.69) is 4.99 Å². The second-order valence-corrected chi connectivity index (χ2v) is 8.74. The number of ether oxygens (including phenoxy) is 1. The summed E-state index contributed by atoms with van der Waals surface area (Å²) in [4.78, 5) is 30.6. The molecule has 1 amide bonds. The molecule has 1 saturated heterocycles. The van der Waals surface area contributed by atoms with E-state index in [4.69, 9.17) is 33.0 Å². The Labute approximate surface area is 204 Å². The number of benzene rings is 3. The number of carbonyl (C=O) groups is 2. The van der Waals surface area contributed by atoms with Crippen LogP contribution < -0.4 is 9.64 Å². The summed E-state index contributed by atoms with van der Waals surface area (Å²) in [6, 6.07) is 20.8. The first-order valence-electron chi connectivity index (χ1n) is 9.67. The zero-order chi connectivity index (χ0) is 23.4. The molecule has 1 N–H and O–H groups in total. The van der Waals surface area contributed by atoms with Gasteiger partial charge in [-0.05, 0) is 71.9 Å². The molecule has 0 saturated carbocycles. The van der Waals surface area contributed by atoms with Crippen molar-refractivity contribution in [2.45, 2.75) is 0 Å². The Morgan fingerprint density at radius 3 is 2.39 bits per heavy atom. The molecule has 0 aromatic heterocycles. The van der Waals surface area contributed by atoms with Crippen LogP contribution in [0.25, 0.3) is 6.08 Å². The largest absolute Gasteiger partial charge is 0.482 e. The third-order valence-electron chi connectivity index (χ3n) is 4.45. The van der Waals surface area contributed by atoms with Crippen molar-refractivity contribution >= 4 is 69.5 Å². The zero-order valence-electron chi connectivity index (χ0n) is 16.9. The minimum atomic E-state index is -1.05. The lowest BCUT2D eigenvalue weighted by Crippen LogP contribution is -2.28. The van der Waals surface area contributed by atoms with Gasteiger partial charge >= 0.3 is 5.97 Å². The van der Waals surface area contributed by atoms with Gasteiger partial charge in [0.25, 0.3) is 5.91 Å². The Morgan fingerprint density at radius 2 is 1.73 bits per heavy atom. The third kappa shape index (κ3) is 5.76. The maximum atomic E-state index is 13.3. The maximum absolute atomic E-state index is 13.3. The molecule has 4 rings (SSSR count). The van der Waals surface area contributed by atoms with E-state index in [-0.39, 0.29) is 5.91 Å². The number of carbonyl (C=O) groups excluding carboxylic acids is 1. The van der Waals surface area contributed by atoms with Crippen LogP contribution in [0, 0.1) is 0 Å². The number of carboxylic acid groups (broad SMARTS) is 1. The van der Waals surface area contributed by atoms with Crippen LogP contribution in [0.5, 0.6) is 5.75 Å². The number of aliphatic imine (C=N–C) groups is 1. The molecule has 0 bridgehead atoms. The molecule has 166 valence electrons. The van der Waals surface area contributed by atoms with Crippen molar-refractivity contribution in [3.8, 4) is 5.75 Å². The van der Waals surface area contributed by atoms with Crippen LogP contribution in [0.2, 0.25) is 10.0 Å². The highest BCUT2D eigenvalue weighted by molar-refractivity contribution is 8.19. The number of carboxylic acids is 1. The van der Waals surface area contributed by atoms with Crippen molar-refractivity contribution in [2.75, 3.05) is 11.5 Å². The summed E-state index contributed by atoms with van der Waals surface area (Å²) in [5, 5.41) is 10.2. The van der Waals surface area contributed by atoms with Gasteiger partial charge in [0.1, 0.15) is 5.75 Å². The second-order valence-electron chi connectivity index (χ2n) is 6.86. The van der Waals surface area contributed by atoms with E-state index in [1.807, 2.05) is 0 Å². The number of aliphatic carboxylic acids is 1. The molecule has 1 fully saturated rings. The van der Waals surface area contributed by atoms with Crippen molar-refractivity contribution in [1.29, 1.82) is 0 Å². The Balaban J connectivity index is 1.67. The number of nitrogens with zero attached hydrogens (tertiary/aromatic N) is 2. The first-order chi connectivity index (χ1) is 15.9. The van der Waals surface area contributed by atoms with Crippen LogP contribution in [0.15, 0.2) is 82.7 Å². The summed E-state index contributed by atoms with van der Waals surface area (Å²) in [7, 11) is 0. The predicted molar refractivity (Wildman–Crippen MR) is 133 cm³/mol. The van der Waals surface area contributed by atoms with Crippen LogP contribution in [0.1, 0.15) is 5.56 Å². The SMILES string of the molecule is O=C(O)COc1ccc(C=C2SC(=Nc3cccc(Cl)c3)N(c3cccc(Cl)c3)C2=O)cc1. The van der Waals surface area contributed by atoms with Gasteiger partial charge in [0.05, 0.1) is 16.3 Å². The van der Waals surface area contributed by atoms with Gasteiger partial charge in [0.15, 0.2) is 11.8 Å². The van der Waals surface area contributed by atoms with Crippen LogP contribution in [0.3, 0.4) is 0 Å². The van der Waals surface area contributed by atoms with Gasteiger partial charge in [-0.15, -0.1) is 0 Å². The number of hydrogen-bond donors (Lipinski definition) is 1. The highest BCUT2D eigenvalue weighted by atomic mass is 35.5. The summed E-state index contributed by atoms with van der Waals surface area (Å²) in [6.07, 6.45) is 1.74. The molecule has 0 radical (unpaired) electrons. The molecule has 1 heterocycles. The topological polar surface area (TPSA) is 79.2 Å². The zero-order valence-corrected chi connectivity index (χ0v) is 19.3. The van der Waals surface area contributed by atoms with Crippen molar-refractivity contribution in [1.82, 2.24) is 0 Å². The molecule has 9 heteroatoms. The fraction of sp³-hybridized carbons (Fsp3) is 0.0417. The second kappa shape index (κ2) is 10.1. The Hall–Kier alpha value is -3.26. The standard InChI is InChI=1S/C24H16Cl2N2O4S/c25-16-3-1-5-18(12-16)27-24-28(19-6-2-4-17(26)13-19)23(31)21(33-24)11-15-7-9-20(10-8-15)32-14-22(29)30/h1-13H,14H2,(H,29,30). The van der Waals surface area contributed by atoms with Gasteiger partial charge in [-0.3, -0.25) is 9.69 Å². The lowest BCUT2D eigenvalue weighted by molar-refractivity contribution is -0.139. The van der Waals surface area contributed by atoms with Crippen LogP contribution >= 0.6 is 35.0 Å². The quantitative estimate of drug-likeness (QED) is 0.405. The average Bonchev–Trinajstić information content (AvgIpc) is 3.07. The average molecular weight is 499 g/mol. The number of thioether (sulfide) groups is 1. The molecular weight excluding hydrogens is 483 g/mol. The maximum Gasteiger partial charge on any atom is 0.341 e. The lowest BCUT2D eigenvalue weighted by atomic mass is 10.2. The number of rotatable bonds is 6. The molecule has 33 heavy (non-hydrogen) atoms. The van der Waals surface area contributed by atoms with Crippen molar-refractivity contribution in [2.24, 2.45) is 4.99 Å². The Morgan fingerprint density at radius 1 is 1.03 bits per heavy atom. The molecule has 0 spiro atoms. The summed E-state index contributed by atoms with van der Waals surface area (Å²) >= 11 is 13.5. The number of anilines is 1. The first-order valence-corrected chi connectivity index (χ1v) is 11.2.